The fourth-order valence-electron chi connectivity index (χ4n) is 5.03. The molecule has 1 aliphatic heterocycles. The SMILES string of the molecule is CC(=O)Nc1cc(Oc2ccc3nc(Nc4cc(C(C)(C)C)nn4-c4ccc(C)cc4)n4c3c2CCC4)ccn1. The van der Waals surface area contributed by atoms with Gasteiger partial charge in [-0.05, 0) is 50.1 Å². The highest BCUT2D eigenvalue weighted by Crippen LogP contribution is 2.38. The molecule has 0 saturated heterocycles. The summed E-state index contributed by atoms with van der Waals surface area (Å²) >= 11 is 0. The maximum Gasteiger partial charge on any atom is 0.222 e. The van der Waals surface area contributed by atoms with Crippen LogP contribution in [0.3, 0.4) is 0 Å². The number of aromatic nitrogens is 5. The van der Waals surface area contributed by atoms with Crippen molar-refractivity contribution in [2.75, 3.05) is 10.6 Å². The Kier molecular flexibility index (Phi) is 6.29. The molecule has 0 saturated carbocycles. The van der Waals surface area contributed by atoms with Crippen molar-refractivity contribution >= 4 is 34.5 Å². The second-order valence-corrected chi connectivity index (χ2v) is 11.3. The van der Waals surface area contributed by atoms with Gasteiger partial charge in [0.25, 0.3) is 0 Å². The molecule has 2 N–H and O–H groups in total. The van der Waals surface area contributed by atoms with Crippen LogP contribution in [0.2, 0.25) is 0 Å². The van der Waals surface area contributed by atoms with Crippen molar-refractivity contribution in [2.24, 2.45) is 0 Å². The van der Waals surface area contributed by atoms with E-state index in [1.54, 1.807) is 18.3 Å². The number of pyridine rings is 1. The first-order valence-corrected chi connectivity index (χ1v) is 13.5. The third kappa shape index (κ3) is 4.90. The Morgan fingerprint density at radius 1 is 1.05 bits per heavy atom. The average molecular weight is 536 g/mol. The van der Waals surface area contributed by atoms with E-state index in [9.17, 15) is 4.79 Å². The normalized spacial score (nSPS) is 12.9. The number of nitrogens with one attached hydrogen (secondary N) is 2. The quantitative estimate of drug-likeness (QED) is 0.252. The molecule has 0 aliphatic carbocycles. The molecule has 6 rings (SSSR count). The van der Waals surface area contributed by atoms with Gasteiger partial charge in [0.2, 0.25) is 11.9 Å². The summed E-state index contributed by atoms with van der Waals surface area (Å²) in [5.41, 5.74) is 6.18. The summed E-state index contributed by atoms with van der Waals surface area (Å²) in [5.74, 6) is 3.31. The van der Waals surface area contributed by atoms with Crippen LogP contribution in [0.25, 0.3) is 16.7 Å². The van der Waals surface area contributed by atoms with Crippen molar-refractivity contribution in [1.82, 2.24) is 24.3 Å². The molecular formula is C31H33N7O2. The van der Waals surface area contributed by atoms with Crippen LogP contribution >= 0.6 is 0 Å². The van der Waals surface area contributed by atoms with Crippen LogP contribution in [0.1, 0.15) is 50.9 Å². The number of hydrogen-bond acceptors (Lipinski definition) is 6. The van der Waals surface area contributed by atoms with Crippen molar-refractivity contribution in [2.45, 2.75) is 59.4 Å². The number of aryl methyl sites for hydroxylation is 3. The molecule has 9 heteroatoms. The van der Waals surface area contributed by atoms with Gasteiger partial charge in [-0.25, -0.2) is 14.6 Å². The van der Waals surface area contributed by atoms with Crippen LogP contribution in [0.4, 0.5) is 17.6 Å². The zero-order valence-electron chi connectivity index (χ0n) is 23.4. The summed E-state index contributed by atoms with van der Waals surface area (Å²) in [6.45, 7) is 10.9. The number of amides is 1. The van der Waals surface area contributed by atoms with E-state index in [4.69, 9.17) is 14.8 Å². The first kappa shape index (κ1) is 25.6. The lowest BCUT2D eigenvalue weighted by molar-refractivity contribution is -0.114. The van der Waals surface area contributed by atoms with Crippen LogP contribution in [0.15, 0.2) is 60.8 Å². The van der Waals surface area contributed by atoms with E-state index in [0.717, 1.165) is 64.9 Å². The number of rotatable bonds is 6. The molecule has 0 bridgehead atoms. The number of hydrogen-bond donors (Lipinski definition) is 2. The van der Waals surface area contributed by atoms with E-state index < -0.39 is 0 Å². The molecule has 9 nitrogen and oxygen atoms in total. The van der Waals surface area contributed by atoms with Crippen molar-refractivity contribution in [3.05, 3.63) is 77.6 Å². The summed E-state index contributed by atoms with van der Waals surface area (Å²) in [5, 5.41) is 11.3. The van der Waals surface area contributed by atoms with Crippen molar-refractivity contribution in [3.63, 3.8) is 0 Å². The largest absolute Gasteiger partial charge is 0.457 e. The smallest absolute Gasteiger partial charge is 0.222 e. The number of carbonyl (C=O) groups excluding carboxylic acids is 1. The topological polar surface area (TPSA) is 98.9 Å². The Balaban J connectivity index is 1.38. The monoisotopic (exact) mass is 535 g/mol. The molecule has 4 heterocycles. The van der Waals surface area contributed by atoms with Gasteiger partial charge in [-0.1, -0.05) is 38.5 Å². The van der Waals surface area contributed by atoms with Gasteiger partial charge in [0.1, 0.15) is 23.1 Å². The highest BCUT2D eigenvalue weighted by Gasteiger charge is 2.25. The second-order valence-electron chi connectivity index (χ2n) is 11.3. The Bertz CT molecular complexity index is 1730. The van der Waals surface area contributed by atoms with Gasteiger partial charge in [-0.3, -0.25) is 4.79 Å². The van der Waals surface area contributed by atoms with Crippen molar-refractivity contribution in [3.8, 4) is 17.2 Å². The molecule has 204 valence electrons. The minimum atomic E-state index is -0.177. The average Bonchev–Trinajstić information content (AvgIpc) is 3.49. The molecular weight excluding hydrogens is 502 g/mol. The number of ether oxygens (including phenoxy) is 1. The number of carbonyl (C=O) groups is 1. The third-order valence-electron chi connectivity index (χ3n) is 7.04. The first-order valence-electron chi connectivity index (χ1n) is 13.5. The second kappa shape index (κ2) is 9.82. The van der Waals surface area contributed by atoms with Crippen LogP contribution in [-0.2, 0) is 23.2 Å². The molecule has 0 unspecified atom stereocenters. The minimum absolute atomic E-state index is 0.107. The summed E-state index contributed by atoms with van der Waals surface area (Å²) in [6.07, 6.45) is 3.47. The molecule has 0 spiro atoms. The summed E-state index contributed by atoms with van der Waals surface area (Å²) in [6, 6.07) is 18.0. The zero-order chi connectivity index (χ0) is 28.0. The molecule has 0 atom stereocenters. The lowest BCUT2D eigenvalue weighted by Crippen LogP contribution is -2.13. The van der Waals surface area contributed by atoms with Gasteiger partial charge in [-0.15, -0.1) is 0 Å². The van der Waals surface area contributed by atoms with Crippen molar-refractivity contribution < 1.29 is 9.53 Å². The molecule has 0 fully saturated rings. The van der Waals surface area contributed by atoms with Crippen LogP contribution in [0.5, 0.6) is 11.5 Å². The minimum Gasteiger partial charge on any atom is -0.457 e. The van der Waals surface area contributed by atoms with E-state index in [-0.39, 0.29) is 11.3 Å². The third-order valence-corrected chi connectivity index (χ3v) is 7.04. The van der Waals surface area contributed by atoms with E-state index in [1.807, 2.05) is 16.8 Å². The molecule has 1 amide bonds. The van der Waals surface area contributed by atoms with E-state index >= 15 is 0 Å². The summed E-state index contributed by atoms with van der Waals surface area (Å²) < 4.78 is 10.5. The summed E-state index contributed by atoms with van der Waals surface area (Å²) in [4.78, 5) is 20.6. The Morgan fingerprint density at radius 2 is 1.85 bits per heavy atom. The Morgan fingerprint density at radius 3 is 2.60 bits per heavy atom. The van der Waals surface area contributed by atoms with Gasteiger partial charge in [0.15, 0.2) is 0 Å². The van der Waals surface area contributed by atoms with Gasteiger partial charge in [0.05, 0.1) is 22.4 Å². The van der Waals surface area contributed by atoms with Gasteiger partial charge in [0, 0.05) is 42.8 Å². The van der Waals surface area contributed by atoms with E-state index in [2.05, 4.69) is 78.2 Å². The molecule has 5 aromatic rings. The fourth-order valence-corrected chi connectivity index (χ4v) is 5.03. The first-order chi connectivity index (χ1) is 19.2. The lowest BCUT2D eigenvalue weighted by Gasteiger charge is -2.20. The lowest BCUT2D eigenvalue weighted by atomic mass is 9.92. The van der Waals surface area contributed by atoms with Crippen LogP contribution in [-0.4, -0.2) is 30.2 Å². The Labute approximate surface area is 233 Å². The predicted molar refractivity (Wildman–Crippen MR) is 157 cm³/mol. The maximum atomic E-state index is 11.5. The summed E-state index contributed by atoms with van der Waals surface area (Å²) in [7, 11) is 0. The predicted octanol–water partition coefficient (Wildman–Crippen LogP) is 6.66. The number of nitrogens with zero attached hydrogens (tertiary/aromatic N) is 5. The maximum absolute atomic E-state index is 11.5. The van der Waals surface area contributed by atoms with Gasteiger partial charge >= 0.3 is 0 Å². The molecule has 3 aromatic heterocycles. The molecule has 0 radical (unpaired) electrons. The van der Waals surface area contributed by atoms with Crippen molar-refractivity contribution in [1.29, 1.82) is 0 Å². The highest BCUT2D eigenvalue weighted by molar-refractivity contribution is 5.88. The van der Waals surface area contributed by atoms with Gasteiger partial charge in [-0.2, -0.15) is 5.10 Å². The molecule has 2 aromatic carbocycles. The number of benzene rings is 2. The van der Waals surface area contributed by atoms with E-state index in [0.29, 0.717) is 11.6 Å². The number of anilines is 3. The van der Waals surface area contributed by atoms with E-state index in [1.165, 1.54) is 12.5 Å². The highest BCUT2D eigenvalue weighted by atomic mass is 16.5. The fraction of sp³-hybridized carbons (Fsp3) is 0.290. The molecule has 40 heavy (non-hydrogen) atoms. The number of imidazole rings is 1. The Hall–Kier alpha value is -4.66. The van der Waals surface area contributed by atoms with Crippen LogP contribution in [0, 0.1) is 6.92 Å². The standard InChI is InChI=1S/C31H33N7O2/c1-19-8-10-21(11-9-19)38-28(18-26(36-38)31(3,4)5)35-30-34-24-12-13-25(23-7-6-16-37(30)29(23)24)40-22-14-15-32-27(17-22)33-20(2)39/h8-15,17-18H,6-7,16H2,1-5H3,(H,34,35)(H,32,33,39). The van der Waals surface area contributed by atoms with Crippen LogP contribution < -0.4 is 15.4 Å². The van der Waals surface area contributed by atoms with Gasteiger partial charge < -0.3 is 19.9 Å². The zero-order valence-corrected chi connectivity index (χ0v) is 23.4. The molecule has 1 aliphatic rings.